The molecule has 0 fully saturated rings. The fraction of sp³-hybridized carbons (Fsp3) is 0.238. The van der Waals surface area contributed by atoms with Crippen LogP contribution in [0.25, 0.3) is 0 Å². The largest absolute Gasteiger partial charge is 0.274 e. The summed E-state index contributed by atoms with van der Waals surface area (Å²) in [5, 5.41) is 2.61. The number of carbonyl (C=O) groups is 1. The number of benzene rings is 2. The Morgan fingerprint density at radius 3 is 2.68 bits per heavy atom. The van der Waals surface area contributed by atoms with E-state index in [1.165, 1.54) is 28.0 Å². The van der Waals surface area contributed by atoms with Crippen molar-refractivity contribution in [3.8, 4) is 0 Å². The number of amides is 1. The molecule has 1 heterocycles. The van der Waals surface area contributed by atoms with Gasteiger partial charge in [0, 0.05) is 24.4 Å². The third-order valence-electron chi connectivity index (χ3n) is 4.92. The molecule has 4 rings (SSSR count). The van der Waals surface area contributed by atoms with E-state index in [4.69, 9.17) is 0 Å². The van der Waals surface area contributed by atoms with Crippen LogP contribution in [-0.4, -0.2) is 10.9 Å². The van der Waals surface area contributed by atoms with Crippen LogP contribution in [0.1, 0.15) is 36.5 Å². The number of carbonyl (C=O) groups excluding carboxylic acids is 1. The van der Waals surface area contributed by atoms with Gasteiger partial charge in [0.15, 0.2) is 5.13 Å². The van der Waals surface area contributed by atoms with Gasteiger partial charge >= 0.3 is 0 Å². The molecule has 1 aromatic heterocycles. The second-order valence-electron chi connectivity index (χ2n) is 6.62. The molecule has 3 aromatic rings. The lowest BCUT2D eigenvalue weighted by Crippen LogP contribution is -2.22. The topological polar surface area (TPSA) is 33.2 Å². The van der Waals surface area contributed by atoms with E-state index in [0.717, 1.165) is 17.2 Å². The van der Waals surface area contributed by atoms with Crippen molar-refractivity contribution in [1.82, 2.24) is 4.98 Å². The molecule has 2 aromatic carbocycles. The van der Waals surface area contributed by atoms with Crippen molar-refractivity contribution in [2.24, 2.45) is 5.92 Å². The number of rotatable bonds is 3. The number of hydrogen-bond donors (Lipinski definition) is 0. The average molecular weight is 348 g/mol. The minimum Gasteiger partial charge on any atom is -0.274 e. The van der Waals surface area contributed by atoms with Gasteiger partial charge in [-0.05, 0) is 41.2 Å². The van der Waals surface area contributed by atoms with Crippen LogP contribution in [0.3, 0.4) is 0 Å². The lowest BCUT2D eigenvalue weighted by Gasteiger charge is -2.21. The molecule has 3 nitrogen and oxygen atoms in total. The first kappa shape index (κ1) is 16.0. The number of aromatic nitrogens is 1. The van der Waals surface area contributed by atoms with E-state index in [2.05, 4.69) is 54.4 Å². The second-order valence-corrected chi connectivity index (χ2v) is 7.50. The Bertz CT molecular complexity index is 890. The molecule has 0 bridgehead atoms. The summed E-state index contributed by atoms with van der Waals surface area (Å²) in [4.78, 5) is 18.3. The van der Waals surface area contributed by atoms with Crippen molar-refractivity contribution >= 4 is 28.1 Å². The summed E-state index contributed by atoms with van der Waals surface area (Å²) in [7, 11) is 0. The van der Waals surface area contributed by atoms with Gasteiger partial charge in [-0.2, -0.15) is 0 Å². The Hall–Kier alpha value is -2.46. The first-order chi connectivity index (χ1) is 12.1. The van der Waals surface area contributed by atoms with Gasteiger partial charge in [0.25, 0.3) is 0 Å². The van der Waals surface area contributed by atoms with Gasteiger partial charge in [-0.15, -0.1) is 11.3 Å². The summed E-state index contributed by atoms with van der Waals surface area (Å²) in [6, 6.07) is 17.1. The standard InChI is InChI=1S/C21H20N2OS/c1-14-12-17-8-9-18(23(15(2)24)21-22-10-11-25-21)13-19(17)20(14)16-6-4-3-5-7-16/h3-11,13-14,20H,12H2,1-2H3/t14-,20+/m0/s1. The lowest BCUT2D eigenvalue weighted by molar-refractivity contribution is -0.115. The van der Waals surface area contributed by atoms with Crippen LogP contribution in [0.2, 0.25) is 0 Å². The number of hydrogen-bond acceptors (Lipinski definition) is 3. The van der Waals surface area contributed by atoms with Crippen molar-refractivity contribution in [3.05, 3.63) is 76.8 Å². The van der Waals surface area contributed by atoms with Crippen molar-refractivity contribution in [1.29, 1.82) is 0 Å². The molecular weight excluding hydrogens is 328 g/mol. The SMILES string of the molecule is CC(=O)N(c1ccc2c(c1)[C@@H](c1ccccc1)[C@@H](C)C2)c1nccs1. The van der Waals surface area contributed by atoms with Gasteiger partial charge < -0.3 is 0 Å². The van der Waals surface area contributed by atoms with E-state index in [1.807, 2.05) is 11.4 Å². The van der Waals surface area contributed by atoms with Gasteiger partial charge in [0.2, 0.25) is 5.91 Å². The zero-order valence-corrected chi connectivity index (χ0v) is 15.2. The van der Waals surface area contributed by atoms with E-state index in [9.17, 15) is 4.79 Å². The lowest BCUT2D eigenvalue weighted by atomic mass is 9.87. The maximum absolute atomic E-state index is 12.3. The summed E-state index contributed by atoms with van der Waals surface area (Å²) in [5.41, 5.74) is 4.96. The molecule has 0 spiro atoms. The van der Waals surface area contributed by atoms with E-state index < -0.39 is 0 Å². The second kappa shape index (κ2) is 6.45. The van der Waals surface area contributed by atoms with Gasteiger partial charge in [-0.3, -0.25) is 9.69 Å². The first-order valence-electron chi connectivity index (χ1n) is 8.53. The van der Waals surface area contributed by atoms with Crippen LogP contribution in [0.5, 0.6) is 0 Å². The fourth-order valence-electron chi connectivity index (χ4n) is 3.89. The predicted molar refractivity (Wildman–Crippen MR) is 103 cm³/mol. The number of nitrogens with zero attached hydrogens (tertiary/aromatic N) is 2. The zero-order valence-electron chi connectivity index (χ0n) is 14.3. The minimum absolute atomic E-state index is 0.0165. The minimum atomic E-state index is -0.0165. The highest BCUT2D eigenvalue weighted by Crippen LogP contribution is 2.44. The van der Waals surface area contributed by atoms with E-state index in [1.54, 1.807) is 18.0 Å². The molecule has 1 amide bonds. The Kier molecular flexibility index (Phi) is 4.14. The molecule has 1 aliphatic carbocycles. The van der Waals surface area contributed by atoms with E-state index in [-0.39, 0.29) is 5.91 Å². The first-order valence-corrected chi connectivity index (χ1v) is 9.41. The third-order valence-corrected chi connectivity index (χ3v) is 5.67. The summed E-state index contributed by atoms with van der Waals surface area (Å²) in [6.07, 6.45) is 2.81. The Morgan fingerprint density at radius 1 is 1.20 bits per heavy atom. The molecule has 1 aliphatic rings. The molecule has 126 valence electrons. The molecule has 0 unspecified atom stereocenters. The van der Waals surface area contributed by atoms with Crippen molar-refractivity contribution in [3.63, 3.8) is 0 Å². The maximum atomic E-state index is 12.3. The molecular formula is C21H20N2OS. The molecule has 0 N–H and O–H groups in total. The van der Waals surface area contributed by atoms with Crippen LogP contribution in [0.15, 0.2) is 60.1 Å². The number of fused-ring (bicyclic) bond motifs is 1. The molecule has 4 heteroatoms. The summed E-state index contributed by atoms with van der Waals surface area (Å²) >= 11 is 1.48. The predicted octanol–water partition coefficient (Wildman–Crippen LogP) is 5.15. The Morgan fingerprint density at radius 2 is 2.00 bits per heavy atom. The zero-order chi connectivity index (χ0) is 17.4. The van der Waals surface area contributed by atoms with Gasteiger partial charge in [0.05, 0.1) is 5.69 Å². The smallest absolute Gasteiger partial charge is 0.230 e. The van der Waals surface area contributed by atoms with Crippen molar-refractivity contribution in [2.75, 3.05) is 4.90 Å². The van der Waals surface area contributed by atoms with E-state index in [0.29, 0.717) is 11.8 Å². The fourth-order valence-corrected chi connectivity index (χ4v) is 4.59. The highest BCUT2D eigenvalue weighted by atomic mass is 32.1. The monoisotopic (exact) mass is 348 g/mol. The normalized spacial score (nSPS) is 18.8. The van der Waals surface area contributed by atoms with Crippen molar-refractivity contribution < 1.29 is 4.79 Å². The van der Waals surface area contributed by atoms with Gasteiger partial charge in [-0.25, -0.2) is 4.98 Å². The van der Waals surface area contributed by atoms with Crippen LogP contribution >= 0.6 is 11.3 Å². The Labute approximate surface area is 152 Å². The van der Waals surface area contributed by atoms with E-state index >= 15 is 0 Å². The van der Waals surface area contributed by atoms with Crippen LogP contribution < -0.4 is 4.90 Å². The van der Waals surface area contributed by atoms with Gasteiger partial charge in [-0.1, -0.05) is 43.3 Å². The van der Waals surface area contributed by atoms with Crippen molar-refractivity contribution in [2.45, 2.75) is 26.2 Å². The Balaban J connectivity index is 1.79. The molecule has 25 heavy (non-hydrogen) atoms. The highest BCUT2D eigenvalue weighted by Gasteiger charge is 2.31. The highest BCUT2D eigenvalue weighted by molar-refractivity contribution is 7.13. The average Bonchev–Trinajstić information content (AvgIpc) is 3.22. The summed E-state index contributed by atoms with van der Waals surface area (Å²) in [6.45, 7) is 3.90. The molecule has 0 saturated heterocycles. The molecule has 0 saturated carbocycles. The summed E-state index contributed by atoms with van der Waals surface area (Å²) in [5.74, 6) is 0.914. The maximum Gasteiger partial charge on any atom is 0.230 e. The third kappa shape index (κ3) is 2.87. The quantitative estimate of drug-likeness (QED) is 0.656. The van der Waals surface area contributed by atoms with Crippen LogP contribution in [-0.2, 0) is 11.2 Å². The number of thiazole rings is 1. The van der Waals surface area contributed by atoms with Crippen LogP contribution in [0.4, 0.5) is 10.8 Å². The molecule has 0 aliphatic heterocycles. The number of anilines is 2. The van der Waals surface area contributed by atoms with Crippen LogP contribution in [0, 0.1) is 5.92 Å². The summed E-state index contributed by atoms with van der Waals surface area (Å²) < 4.78 is 0. The molecule has 0 radical (unpaired) electrons. The van der Waals surface area contributed by atoms with Gasteiger partial charge in [0.1, 0.15) is 0 Å². The molecule has 2 atom stereocenters.